The Kier molecular flexibility index (Phi) is 9.14. The third kappa shape index (κ3) is 5.81. The fraction of sp³-hybridized carbons (Fsp3) is 0.444. The zero-order valence-corrected chi connectivity index (χ0v) is 17.4. The van der Waals surface area contributed by atoms with Crippen LogP contribution in [0, 0.1) is 12.8 Å². The second-order valence-corrected chi connectivity index (χ2v) is 7.15. The number of hydrogen-bond acceptors (Lipinski definition) is 3. The van der Waals surface area contributed by atoms with Gasteiger partial charge in [-0.2, -0.15) is 0 Å². The first-order valence-corrected chi connectivity index (χ1v) is 8.98. The van der Waals surface area contributed by atoms with Gasteiger partial charge in [-0.15, -0.1) is 24.8 Å². The molecule has 1 saturated heterocycles. The van der Waals surface area contributed by atoms with Crippen molar-refractivity contribution in [1.82, 2.24) is 15.6 Å². The molecule has 2 N–H and O–H groups in total. The Hall–Kier alpha value is -0.880. The summed E-state index contributed by atoms with van der Waals surface area (Å²) in [4.78, 5) is 17.1. The van der Waals surface area contributed by atoms with Crippen LogP contribution in [0.1, 0.15) is 35.3 Å². The number of pyridine rings is 1. The van der Waals surface area contributed by atoms with E-state index in [0.29, 0.717) is 11.5 Å². The molecule has 1 unspecified atom stereocenters. The second kappa shape index (κ2) is 10.3. The van der Waals surface area contributed by atoms with E-state index < -0.39 is 0 Å². The molecule has 1 aliphatic rings. The largest absolute Gasteiger partial charge is 0.352 e. The van der Waals surface area contributed by atoms with E-state index in [-0.39, 0.29) is 30.7 Å². The van der Waals surface area contributed by atoms with Crippen molar-refractivity contribution in [2.24, 2.45) is 5.92 Å². The summed E-state index contributed by atoms with van der Waals surface area (Å²) in [6.45, 7) is 4.84. The minimum atomic E-state index is -0.00779. The molecule has 3 rings (SSSR count). The summed E-state index contributed by atoms with van der Waals surface area (Å²) in [7, 11) is 0. The maximum absolute atomic E-state index is 12.6. The molecule has 0 aliphatic carbocycles. The molecule has 1 aliphatic heterocycles. The molecule has 0 spiro atoms. The van der Waals surface area contributed by atoms with E-state index in [1.165, 1.54) is 12.8 Å². The average molecular weight is 449 g/mol. The minimum absolute atomic E-state index is 0. The number of benzene rings is 1. The van der Waals surface area contributed by atoms with Gasteiger partial charge in [-0.1, -0.05) is 22.0 Å². The van der Waals surface area contributed by atoms with Gasteiger partial charge < -0.3 is 10.6 Å². The van der Waals surface area contributed by atoms with Crippen LogP contribution in [-0.4, -0.2) is 30.5 Å². The Balaban J connectivity index is 0.00000156. The average Bonchev–Trinajstić information content (AvgIpc) is 2.54. The highest BCUT2D eigenvalue weighted by Crippen LogP contribution is 2.22. The van der Waals surface area contributed by atoms with Gasteiger partial charge in [0.25, 0.3) is 5.91 Å². The molecular formula is C18H24BrCl2N3O. The van der Waals surface area contributed by atoms with Crippen molar-refractivity contribution in [2.75, 3.05) is 19.6 Å². The maximum Gasteiger partial charge on any atom is 0.252 e. The molecule has 1 aromatic carbocycles. The predicted octanol–water partition coefficient (Wildman–Crippen LogP) is 4.27. The van der Waals surface area contributed by atoms with Gasteiger partial charge in [0, 0.05) is 22.1 Å². The first kappa shape index (κ1) is 22.2. The van der Waals surface area contributed by atoms with E-state index in [4.69, 9.17) is 0 Å². The van der Waals surface area contributed by atoms with Crippen LogP contribution in [0.4, 0.5) is 0 Å². The van der Waals surface area contributed by atoms with Gasteiger partial charge >= 0.3 is 0 Å². The fourth-order valence-electron chi connectivity index (χ4n) is 3.18. The SMILES string of the molecule is Cc1cc(C(=O)NCCC2CCCNC2)c2ccc(Br)cc2n1.Cl.Cl. The van der Waals surface area contributed by atoms with Crippen LogP contribution >= 0.6 is 40.7 Å². The number of nitrogens with zero attached hydrogens (tertiary/aromatic N) is 1. The summed E-state index contributed by atoms with van der Waals surface area (Å²) >= 11 is 3.46. The van der Waals surface area contributed by atoms with Crippen LogP contribution in [0.3, 0.4) is 0 Å². The Bertz CT molecular complexity index is 716. The summed E-state index contributed by atoms with van der Waals surface area (Å²) in [6, 6.07) is 7.72. The topological polar surface area (TPSA) is 54.0 Å². The molecule has 0 radical (unpaired) electrons. The number of carbonyl (C=O) groups is 1. The quantitative estimate of drug-likeness (QED) is 0.734. The maximum atomic E-state index is 12.6. The van der Waals surface area contributed by atoms with Crippen molar-refractivity contribution in [3.05, 3.63) is 40.0 Å². The summed E-state index contributed by atoms with van der Waals surface area (Å²) in [5.41, 5.74) is 2.42. The van der Waals surface area contributed by atoms with Crippen LogP contribution in [0.5, 0.6) is 0 Å². The lowest BCUT2D eigenvalue weighted by Gasteiger charge is -2.22. The molecule has 0 saturated carbocycles. The van der Waals surface area contributed by atoms with Crippen LogP contribution < -0.4 is 10.6 Å². The van der Waals surface area contributed by atoms with Crippen molar-refractivity contribution >= 4 is 57.6 Å². The highest BCUT2D eigenvalue weighted by Gasteiger charge is 2.15. The molecule has 1 aromatic heterocycles. The monoisotopic (exact) mass is 447 g/mol. The fourth-order valence-corrected chi connectivity index (χ4v) is 3.53. The lowest BCUT2D eigenvalue weighted by molar-refractivity contribution is 0.0952. The summed E-state index contributed by atoms with van der Waals surface area (Å²) in [5.74, 6) is 0.669. The molecule has 0 bridgehead atoms. The standard InChI is InChI=1S/C18H22BrN3O.2ClH/c1-12-9-16(15-5-4-14(19)10-17(15)22-12)18(23)21-8-6-13-3-2-7-20-11-13;;/h4-5,9-10,13,20H,2-3,6-8,11H2,1H3,(H,21,23);2*1H. The molecule has 2 heterocycles. The highest BCUT2D eigenvalue weighted by molar-refractivity contribution is 9.10. The molecule has 138 valence electrons. The predicted molar refractivity (Wildman–Crippen MR) is 111 cm³/mol. The zero-order chi connectivity index (χ0) is 16.2. The molecule has 1 fully saturated rings. The van der Waals surface area contributed by atoms with Crippen LogP contribution in [0.15, 0.2) is 28.7 Å². The van der Waals surface area contributed by atoms with Gasteiger partial charge in [0.15, 0.2) is 0 Å². The van der Waals surface area contributed by atoms with Gasteiger partial charge in [0.1, 0.15) is 0 Å². The number of piperidine rings is 1. The molecule has 1 atom stereocenters. The van der Waals surface area contributed by atoms with Crippen molar-refractivity contribution in [3.63, 3.8) is 0 Å². The van der Waals surface area contributed by atoms with Crippen LogP contribution in [0.2, 0.25) is 0 Å². The first-order chi connectivity index (χ1) is 11.1. The number of carbonyl (C=O) groups excluding carboxylic acids is 1. The third-order valence-electron chi connectivity index (χ3n) is 4.38. The molecule has 2 aromatic rings. The number of aryl methyl sites for hydroxylation is 1. The van der Waals surface area contributed by atoms with Gasteiger partial charge in [-0.3, -0.25) is 9.78 Å². The minimum Gasteiger partial charge on any atom is -0.352 e. The summed E-state index contributed by atoms with van der Waals surface area (Å²) < 4.78 is 0.972. The number of nitrogens with one attached hydrogen (secondary N) is 2. The summed E-state index contributed by atoms with van der Waals surface area (Å²) in [6.07, 6.45) is 3.53. The van der Waals surface area contributed by atoms with Gasteiger partial charge in [-0.05, 0) is 63.4 Å². The zero-order valence-electron chi connectivity index (χ0n) is 14.2. The third-order valence-corrected chi connectivity index (χ3v) is 4.87. The highest BCUT2D eigenvalue weighted by atomic mass is 79.9. The van der Waals surface area contributed by atoms with Gasteiger partial charge in [-0.25, -0.2) is 0 Å². The first-order valence-electron chi connectivity index (χ1n) is 8.19. The lowest BCUT2D eigenvalue weighted by atomic mass is 9.96. The Labute approximate surface area is 169 Å². The second-order valence-electron chi connectivity index (χ2n) is 6.23. The number of hydrogen-bond donors (Lipinski definition) is 2. The van der Waals surface area contributed by atoms with Crippen molar-refractivity contribution < 1.29 is 4.79 Å². The molecular weight excluding hydrogens is 425 g/mol. The van der Waals surface area contributed by atoms with E-state index in [9.17, 15) is 4.79 Å². The number of halogens is 3. The molecule has 4 nitrogen and oxygen atoms in total. The van der Waals surface area contributed by atoms with Gasteiger partial charge in [0.2, 0.25) is 0 Å². The number of rotatable bonds is 4. The lowest BCUT2D eigenvalue weighted by Crippen LogP contribution is -2.33. The molecule has 7 heteroatoms. The van der Waals surface area contributed by atoms with Crippen LogP contribution in [-0.2, 0) is 0 Å². The number of fused-ring (bicyclic) bond motifs is 1. The van der Waals surface area contributed by atoms with Crippen molar-refractivity contribution in [3.8, 4) is 0 Å². The Morgan fingerprint density at radius 2 is 2.16 bits per heavy atom. The van der Waals surface area contributed by atoms with Crippen molar-refractivity contribution in [1.29, 1.82) is 0 Å². The molecule has 25 heavy (non-hydrogen) atoms. The van der Waals surface area contributed by atoms with Crippen molar-refractivity contribution in [2.45, 2.75) is 26.2 Å². The molecule has 1 amide bonds. The Morgan fingerprint density at radius 3 is 2.88 bits per heavy atom. The smallest absolute Gasteiger partial charge is 0.252 e. The number of aromatic nitrogens is 1. The summed E-state index contributed by atoms with van der Waals surface area (Å²) in [5, 5.41) is 7.39. The van der Waals surface area contributed by atoms with E-state index in [1.807, 2.05) is 31.2 Å². The van der Waals surface area contributed by atoms with E-state index in [0.717, 1.165) is 47.1 Å². The normalized spacial score (nSPS) is 16.6. The number of amides is 1. The van der Waals surface area contributed by atoms with Gasteiger partial charge in [0.05, 0.1) is 11.1 Å². The van der Waals surface area contributed by atoms with E-state index in [2.05, 4.69) is 31.5 Å². The van der Waals surface area contributed by atoms with E-state index >= 15 is 0 Å². The van der Waals surface area contributed by atoms with Crippen LogP contribution in [0.25, 0.3) is 10.9 Å². The Morgan fingerprint density at radius 1 is 1.36 bits per heavy atom. The van der Waals surface area contributed by atoms with E-state index in [1.54, 1.807) is 0 Å².